The van der Waals surface area contributed by atoms with Crippen LogP contribution in [0.2, 0.25) is 0 Å². The van der Waals surface area contributed by atoms with Crippen molar-refractivity contribution in [2.45, 2.75) is 115 Å². The van der Waals surface area contributed by atoms with Crippen LogP contribution in [-0.4, -0.2) is 32.9 Å². The zero-order valence-electron chi connectivity index (χ0n) is 47.8. The number of H-pyrrole nitrogens is 2. The number of carbonyl (C=O) groups excluding carboxylic acids is 1. The summed E-state index contributed by atoms with van der Waals surface area (Å²) < 4.78 is 6.44. The molecule has 0 bridgehead atoms. The lowest BCUT2D eigenvalue weighted by atomic mass is 9.39. The number of nitriles is 1. The van der Waals surface area contributed by atoms with Gasteiger partial charge in [0, 0.05) is 44.0 Å². The van der Waals surface area contributed by atoms with E-state index in [4.69, 9.17) is 14.7 Å². The molecule has 1 fully saturated rings. The molecule has 7 nitrogen and oxygen atoms in total. The zero-order valence-corrected chi connectivity index (χ0v) is 47.8. The van der Waals surface area contributed by atoms with E-state index in [1.54, 1.807) is 27.5 Å². The van der Waals surface area contributed by atoms with Crippen LogP contribution in [0.15, 0.2) is 106 Å². The number of aliphatic imine (C=N–C) groups is 2. The summed E-state index contributed by atoms with van der Waals surface area (Å²) in [6, 6.07) is 32.7. The van der Waals surface area contributed by atoms with Crippen LogP contribution < -0.4 is 10.7 Å². The Morgan fingerprint density at radius 2 is 1.04 bits per heavy atom. The molecule has 2 spiro atoms. The lowest BCUT2D eigenvalue weighted by Crippen LogP contribution is -2.59. The molecular weight excluding hydrogens is 1030 g/mol. The largest absolute Gasteiger partial charge is 0.456 e. The first kappa shape index (κ1) is 44.5. The van der Waals surface area contributed by atoms with Crippen molar-refractivity contribution in [1.82, 2.24) is 9.97 Å². The van der Waals surface area contributed by atoms with Crippen molar-refractivity contribution in [3.8, 4) is 6.07 Å². The predicted molar refractivity (Wildman–Crippen MR) is 342 cm³/mol. The number of aromatic nitrogens is 2. The van der Waals surface area contributed by atoms with E-state index in [-0.39, 0.29) is 34.7 Å². The molecule has 0 saturated heterocycles. The number of aromatic amines is 2. The van der Waals surface area contributed by atoms with E-state index in [1.165, 1.54) is 136 Å². The van der Waals surface area contributed by atoms with Crippen LogP contribution in [0.1, 0.15) is 126 Å². The standard InChI is InChI=1S/C77H53N5O2/c1-31-32(2)50(79-49(31)23-36-26-74(5,6)75(7,30-78)82-36)24-51-33(3)34(4)52(80-51)25-53-45-27-76-47-21-22-48-44-20-18-42-40-16-14-38-37-13-15-39-41-17-19-43(47)60-58(41)63-56(39)54(37)62-55(38)57(40)64-59(42)61(44)71(69-67(64)65(62)66(63)68(69)70(60)76)77(48,76)28-46(45)72(81-53)73(83)84-29-35-11-9-8-10-12-35/h8-20,23-25,47-48,79-80H,21-22,26-29H2,1-7H3/b49-23?,50-24?,53-25-/t47?,48?,75?,76-,77+/m0/s1. The third-order valence-electron chi connectivity index (χ3n) is 24.8. The lowest BCUT2D eigenvalue weighted by molar-refractivity contribution is -0.136. The second kappa shape index (κ2) is 13.3. The number of fused-ring (bicyclic) bond motifs is 5. The fourth-order valence-corrected chi connectivity index (χ4v) is 20.9. The highest BCUT2D eigenvalue weighted by atomic mass is 16.5. The van der Waals surface area contributed by atoms with E-state index in [1.807, 2.05) is 37.3 Å². The highest BCUT2D eigenvalue weighted by molar-refractivity contribution is 6.64. The number of allylic oxidation sites excluding steroid dienone is 1. The number of rotatable bonds is 6. The van der Waals surface area contributed by atoms with Crippen molar-refractivity contribution in [2.24, 2.45) is 15.4 Å². The first-order valence-electron chi connectivity index (χ1n) is 30.5. The monoisotopic (exact) mass is 1080 g/mol. The molecule has 22 rings (SSSR count). The van der Waals surface area contributed by atoms with Crippen LogP contribution in [0.5, 0.6) is 0 Å². The predicted octanol–water partition coefficient (Wildman–Crippen LogP) is 16.3. The minimum Gasteiger partial charge on any atom is -0.456 e. The summed E-state index contributed by atoms with van der Waals surface area (Å²) in [7, 11) is 0. The SMILES string of the molecule is Cc1c(C=c2[nH]c(=CC3=NC(C)(C#N)C(C)(C)C3)c(C)c2C)[nH]c(/C=C2\N=C(C(=O)OCc3ccccc3)C3=C2C[C@]24c5c6c7ccc8c9ccc%10c%11ccc%12c%13ccc%14c%15c(c%16c5c5c(c68)c9c%10c6c%11c%12c(c%15%13)c%16c56)[C@@]2(C3)C%14CCC74)c1C. The van der Waals surface area contributed by atoms with E-state index < -0.39 is 5.54 Å². The van der Waals surface area contributed by atoms with Crippen molar-refractivity contribution in [3.63, 3.8) is 0 Å². The van der Waals surface area contributed by atoms with Gasteiger partial charge in [0.2, 0.25) is 0 Å². The Balaban J connectivity index is 0.805. The fourth-order valence-electron chi connectivity index (χ4n) is 20.9. The van der Waals surface area contributed by atoms with E-state index in [2.05, 4.69) is 124 Å². The maximum absolute atomic E-state index is 15.4. The van der Waals surface area contributed by atoms with Gasteiger partial charge in [-0.15, -0.1) is 0 Å². The van der Waals surface area contributed by atoms with E-state index in [9.17, 15) is 5.26 Å². The third-order valence-corrected chi connectivity index (χ3v) is 24.8. The van der Waals surface area contributed by atoms with Crippen LogP contribution >= 0.6 is 0 Å². The molecule has 0 radical (unpaired) electrons. The van der Waals surface area contributed by atoms with Gasteiger partial charge in [0.05, 0.1) is 11.8 Å². The maximum Gasteiger partial charge on any atom is 0.357 e. The topological polar surface area (TPSA) is 106 Å². The van der Waals surface area contributed by atoms with Crippen molar-refractivity contribution in [3.05, 3.63) is 168 Å². The quantitative estimate of drug-likeness (QED) is 0.128. The number of esters is 1. The summed E-state index contributed by atoms with van der Waals surface area (Å²) in [5, 5.41) is 44.8. The number of hydrogen-bond donors (Lipinski definition) is 2. The highest BCUT2D eigenvalue weighted by Crippen LogP contribution is 2.83. The molecule has 5 aliphatic carbocycles. The van der Waals surface area contributed by atoms with Crippen molar-refractivity contribution in [1.29, 1.82) is 5.26 Å². The molecule has 13 aromatic carbocycles. The Morgan fingerprint density at radius 1 is 0.560 bits per heavy atom. The van der Waals surface area contributed by atoms with Gasteiger partial charge in [-0.25, -0.2) is 9.79 Å². The molecule has 2 aromatic heterocycles. The van der Waals surface area contributed by atoms with Gasteiger partial charge < -0.3 is 14.7 Å². The third kappa shape index (κ3) is 4.24. The van der Waals surface area contributed by atoms with Gasteiger partial charge in [-0.1, -0.05) is 92.7 Å². The number of hydrogen-bond acceptors (Lipinski definition) is 5. The van der Waals surface area contributed by atoms with Crippen molar-refractivity contribution >= 4 is 154 Å². The van der Waals surface area contributed by atoms with Crippen LogP contribution in [0.4, 0.5) is 0 Å². The van der Waals surface area contributed by atoms with E-state index in [0.717, 1.165) is 82.3 Å². The lowest BCUT2D eigenvalue weighted by Gasteiger charge is -2.62. The molecule has 2 N–H and O–H groups in total. The normalized spacial score (nSPS) is 25.7. The minimum absolute atomic E-state index is 0.182. The average Bonchev–Trinajstić information content (AvgIpc) is 1.43. The second-order valence-corrected chi connectivity index (χ2v) is 28.0. The number of ether oxygens (including phenoxy) is 1. The molecule has 398 valence electrons. The molecule has 0 amide bonds. The van der Waals surface area contributed by atoms with E-state index in [0.29, 0.717) is 11.6 Å². The molecule has 2 aliphatic heterocycles. The Bertz CT molecular complexity index is 6010. The molecule has 3 unspecified atom stereocenters. The molecular formula is C77H53N5O2. The summed E-state index contributed by atoms with van der Waals surface area (Å²) in [5.41, 5.74) is 16.9. The van der Waals surface area contributed by atoms with Gasteiger partial charge in [0.25, 0.3) is 0 Å². The van der Waals surface area contributed by atoms with E-state index >= 15 is 4.79 Å². The van der Waals surface area contributed by atoms with Gasteiger partial charge >= 0.3 is 5.97 Å². The summed E-state index contributed by atoms with van der Waals surface area (Å²) >= 11 is 0. The Morgan fingerprint density at radius 3 is 1.57 bits per heavy atom. The summed E-state index contributed by atoms with van der Waals surface area (Å²) in [6.45, 7) is 15.2. The Hall–Kier alpha value is -9.12. The summed E-state index contributed by atoms with van der Waals surface area (Å²) in [6.07, 6.45) is 11.1. The maximum atomic E-state index is 15.4. The van der Waals surface area contributed by atoms with Crippen LogP contribution in [0.25, 0.3) is 137 Å². The number of nitrogens with zero attached hydrogens (tertiary/aromatic N) is 3. The number of nitrogens with one attached hydrogen (secondary N) is 2. The molecule has 84 heavy (non-hydrogen) atoms. The van der Waals surface area contributed by atoms with Gasteiger partial charge in [-0.05, 0) is 277 Å². The molecule has 7 heteroatoms. The smallest absolute Gasteiger partial charge is 0.357 e. The second-order valence-electron chi connectivity index (χ2n) is 28.0. The molecule has 4 heterocycles. The van der Waals surface area contributed by atoms with Crippen LogP contribution in [0, 0.1) is 44.4 Å². The van der Waals surface area contributed by atoms with Crippen molar-refractivity contribution in [2.75, 3.05) is 0 Å². The Kier molecular flexibility index (Phi) is 7.03. The van der Waals surface area contributed by atoms with Gasteiger partial charge in [0.1, 0.15) is 12.1 Å². The fraction of sp³-hybridized carbons (Fsp3) is 0.247. The first-order chi connectivity index (χ1) is 40.8. The Labute approximate surface area is 481 Å². The molecule has 7 aliphatic rings. The number of benzene rings is 9. The van der Waals surface area contributed by atoms with Gasteiger partial charge in [-0.2, -0.15) is 5.26 Å². The average molecular weight is 1080 g/mol. The van der Waals surface area contributed by atoms with Crippen LogP contribution in [-0.2, 0) is 27.0 Å². The molecule has 15 aromatic rings. The minimum atomic E-state index is -0.769. The number of carbonyl (C=O) groups is 1. The molecule has 5 atom stereocenters. The van der Waals surface area contributed by atoms with Gasteiger partial charge in [0.15, 0.2) is 5.71 Å². The highest BCUT2D eigenvalue weighted by Gasteiger charge is 2.73. The first-order valence-corrected chi connectivity index (χ1v) is 30.5. The van der Waals surface area contributed by atoms with Gasteiger partial charge in [-0.3, -0.25) is 4.99 Å². The van der Waals surface area contributed by atoms with Crippen LogP contribution in [0.3, 0.4) is 0 Å². The summed E-state index contributed by atoms with van der Waals surface area (Å²) in [5.74, 6) is 0.214. The zero-order chi connectivity index (χ0) is 55.6. The molecule has 1 saturated carbocycles. The summed E-state index contributed by atoms with van der Waals surface area (Å²) in [4.78, 5) is 33.6. The van der Waals surface area contributed by atoms with Crippen molar-refractivity contribution < 1.29 is 9.53 Å².